The summed E-state index contributed by atoms with van der Waals surface area (Å²) in [5, 5.41) is 2.61. The quantitative estimate of drug-likeness (QED) is 0.608. The Bertz CT molecular complexity index is 742. The van der Waals surface area contributed by atoms with Gasteiger partial charge in [-0.25, -0.2) is 0 Å². The molecule has 2 nitrogen and oxygen atoms in total. The first-order valence-corrected chi connectivity index (χ1v) is 11.4. The van der Waals surface area contributed by atoms with Crippen molar-refractivity contribution in [2.24, 2.45) is 0 Å². The number of halogens is 2. The highest BCUT2D eigenvalue weighted by molar-refractivity contribution is 7.99. The molecule has 27 heavy (non-hydrogen) atoms. The summed E-state index contributed by atoms with van der Waals surface area (Å²) in [4.78, 5) is 5.14. The highest BCUT2D eigenvalue weighted by Gasteiger charge is 2.37. The fourth-order valence-corrected chi connectivity index (χ4v) is 6.21. The molecule has 3 unspecified atom stereocenters. The minimum Gasteiger partial charge on any atom is -0.304 e. The Labute approximate surface area is 176 Å². The lowest BCUT2D eigenvalue weighted by atomic mass is 9.95. The molecule has 2 aromatic rings. The van der Waals surface area contributed by atoms with Gasteiger partial charge in [-0.1, -0.05) is 47.5 Å². The lowest BCUT2D eigenvalue weighted by Gasteiger charge is -2.45. The van der Waals surface area contributed by atoms with E-state index in [9.17, 15) is 0 Å². The van der Waals surface area contributed by atoms with E-state index in [1.807, 2.05) is 24.3 Å². The lowest BCUT2D eigenvalue weighted by molar-refractivity contribution is 0.101. The van der Waals surface area contributed by atoms with Crippen LogP contribution in [0.15, 0.2) is 48.5 Å². The van der Waals surface area contributed by atoms with Crippen LogP contribution in [0.25, 0.3) is 0 Å². The van der Waals surface area contributed by atoms with E-state index < -0.39 is 0 Å². The topological polar surface area (TPSA) is 6.48 Å². The van der Waals surface area contributed by atoms with Gasteiger partial charge in [0, 0.05) is 52.8 Å². The standard InChI is InChI=1S/C22H26Cl2N2S/c1-25-12-14-26(15-13-25)20-10-11-21(16-2-6-18(23)7-3-16)27-22(20)17-4-8-19(24)9-5-17/h2-9,20-22H,10-15H2,1H3. The first-order valence-electron chi connectivity index (χ1n) is 9.69. The fourth-order valence-electron chi connectivity index (χ4n) is 4.21. The maximum absolute atomic E-state index is 6.16. The second-order valence-corrected chi connectivity index (χ2v) is 9.85. The molecule has 2 saturated heterocycles. The smallest absolute Gasteiger partial charge is 0.0458 e. The van der Waals surface area contributed by atoms with Gasteiger partial charge in [-0.2, -0.15) is 0 Å². The molecule has 2 heterocycles. The lowest BCUT2D eigenvalue weighted by Crippen LogP contribution is -2.51. The molecule has 0 saturated carbocycles. The third kappa shape index (κ3) is 4.65. The van der Waals surface area contributed by atoms with E-state index in [0.29, 0.717) is 16.5 Å². The molecule has 0 N–H and O–H groups in total. The molecule has 2 aromatic carbocycles. The molecule has 2 aliphatic rings. The number of rotatable bonds is 3. The van der Waals surface area contributed by atoms with Crippen LogP contribution in [-0.4, -0.2) is 49.1 Å². The van der Waals surface area contributed by atoms with Gasteiger partial charge >= 0.3 is 0 Å². The zero-order valence-corrected chi connectivity index (χ0v) is 18.0. The highest BCUT2D eigenvalue weighted by Crippen LogP contribution is 2.51. The molecule has 0 aliphatic carbocycles. The molecule has 2 aliphatic heterocycles. The van der Waals surface area contributed by atoms with Crippen molar-refractivity contribution < 1.29 is 0 Å². The summed E-state index contributed by atoms with van der Waals surface area (Å²) in [5.74, 6) is 0. The predicted octanol–water partition coefficient (Wildman–Crippen LogP) is 5.92. The van der Waals surface area contributed by atoms with Crippen molar-refractivity contribution in [3.8, 4) is 0 Å². The predicted molar refractivity (Wildman–Crippen MR) is 118 cm³/mol. The molecule has 4 rings (SSSR count). The molecule has 144 valence electrons. The van der Waals surface area contributed by atoms with E-state index in [-0.39, 0.29) is 0 Å². The van der Waals surface area contributed by atoms with E-state index in [1.165, 1.54) is 24.0 Å². The minimum absolute atomic E-state index is 0.472. The van der Waals surface area contributed by atoms with Crippen molar-refractivity contribution in [2.75, 3.05) is 33.2 Å². The van der Waals surface area contributed by atoms with Crippen LogP contribution >= 0.6 is 35.0 Å². The maximum Gasteiger partial charge on any atom is 0.0458 e. The first kappa shape index (κ1) is 19.6. The summed E-state index contributed by atoms with van der Waals surface area (Å²) < 4.78 is 0. The molecular formula is C22H26Cl2N2S. The van der Waals surface area contributed by atoms with E-state index in [2.05, 4.69) is 52.9 Å². The number of hydrogen-bond acceptors (Lipinski definition) is 3. The molecule has 5 heteroatoms. The van der Waals surface area contributed by atoms with Gasteiger partial charge < -0.3 is 4.90 Å². The summed E-state index contributed by atoms with van der Waals surface area (Å²) >= 11 is 14.4. The Kier molecular flexibility index (Phi) is 6.35. The second kappa shape index (κ2) is 8.75. The summed E-state index contributed by atoms with van der Waals surface area (Å²) in [6.45, 7) is 4.65. The Balaban J connectivity index is 1.58. The fraction of sp³-hybridized carbons (Fsp3) is 0.455. The largest absolute Gasteiger partial charge is 0.304 e. The van der Waals surface area contributed by atoms with E-state index in [4.69, 9.17) is 23.2 Å². The third-order valence-electron chi connectivity index (χ3n) is 5.83. The summed E-state index contributed by atoms with van der Waals surface area (Å²) in [6.07, 6.45) is 2.45. The Morgan fingerprint density at radius 2 is 1.33 bits per heavy atom. The van der Waals surface area contributed by atoms with Crippen molar-refractivity contribution in [1.29, 1.82) is 0 Å². The van der Waals surface area contributed by atoms with Crippen molar-refractivity contribution in [3.63, 3.8) is 0 Å². The summed E-state index contributed by atoms with van der Waals surface area (Å²) in [5.41, 5.74) is 2.78. The zero-order chi connectivity index (χ0) is 18.8. The van der Waals surface area contributed by atoms with Crippen molar-refractivity contribution in [3.05, 3.63) is 69.7 Å². The van der Waals surface area contributed by atoms with Crippen LogP contribution in [0.2, 0.25) is 10.0 Å². The van der Waals surface area contributed by atoms with Crippen LogP contribution < -0.4 is 0 Å². The maximum atomic E-state index is 6.16. The van der Waals surface area contributed by atoms with Crippen molar-refractivity contribution in [1.82, 2.24) is 9.80 Å². The molecule has 3 atom stereocenters. The molecule has 0 amide bonds. The average molecular weight is 421 g/mol. The number of benzene rings is 2. The van der Waals surface area contributed by atoms with Crippen LogP contribution in [0.1, 0.15) is 34.5 Å². The molecule has 0 bridgehead atoms. The van der Waals surface area contributed by atoms with Crippen LogP contribution in [0.5, 0.6) is 0 Å². The van der Waals surface area contributed by atoms with Gasteiger partial charge in [0.15, 0.2) is 0 Å². The van der Waals surface area contributed by atoms with Crippen molar-refractivity contribution in [2.45, 2.75) is 29.4 Å². The van der Waals surface area contributed by atoms with Crippen molar-refractivity contribution >= 4 is 35.0 Å². The van der Waals surface area contributed by atoms with Gasteiger partial charge in [0.2, 0.25) is 0 Å². The van der Waals surface area contributed by atoms with Gasteiger partial charge in [-0.05, 0) is 55.3 Å². The van der Waals surface area contributed by atoms with Crippen LogP contribution in [0.3, 0.4) is 0 Å². The van der Waals surface area contributed by atoms with Crippen LogP contribution in [-0.2, 0) is 0 Å². The number of nitrogens with zero attached hydrogens (tertiary/aromatic N) is 2. The van der Waals surface area contributed by atoms with E-state index >= 15 is 0 Å². The summed E-state index contributed by atoms with van der Waals surface area (Å²) in [7, 11) is 2.22. The van der Waals surface area contributed by atoms with Crippen LogP contribution in [0.4, 0.5) is 0 Å². The SMILES string of the molecule is CN1CCN(C2CCC(c3ccc(Cl)cc3)SC2c2ccc(Cl)cc2)CC1. The van der Waals surface area contributed by atoms with E-state index in [0.717, 1.165) is 36.2 Å². The number of piperazine rings is 1. The number of thioether (sulfide) groups is 1. The normalized spacial score (nSPS) is 27.6. The molecule has 2 fully saturated rings. The highest BCUT2D eigenvalue weighted by atomic mass is 35.5. The van der Waals surface area contributed by atoms with Gasteiger partial charge in [-0.15, -0.1) is 11.8 Å². The first-order chi connectivity index (χ1) is 13.1. The van der Waals surface area contributed by atoms with Gasteiger partial charge in [0.1, 0.15) is 0 Å². The number of likely N-dealkylation sites (N-methyl/N-ethyl adjacent to an activating group) is 1. The minimum atomic E-state index is 0.472. The molecule has 0 spiro atoms. The van der Waals surface area contributed by atoms with Gasteiger partial charge in [-0.3, -0.25) is 4.90 Å². The second-order valence-electron chi connectivity index (χ2n) is 7.63. The van der Waals surface area contributed by atoms with Gasteiger partial charge in [0.25, 0.3) is 0 Å². The third-order valence-corrected chi connectivity index (χ3v) is 8.05. The Morgan fingerprint density at radius 1 is 0.778 bits per heavy atom. The summed E-state index contributed by atoms with van der Waals surface area (Å²) in [6, 6.07) is 17.5. The molecular weight excluding hydrogens is 395 g/mol. The monoisotopic (exact) mass is 420 g/mol. The Hall–Kier alpha value is -0.710. The number of hydrogen-bond donors (Lipinski definition) is 0. The van der Waals surface area contributed by atoms with Gasteiger partial charge in [0.05, 0.1) is 0 Å². The Morgan fingerprint density at radius 3 is 1.93 bits per heavy atom. The zero-order valence-electron chi connectivity index (χ0n) is 15.7. The van der Waals surface area contributed by atoms with Crippen LogP contribution in [0, 0.1) is 0 Å². The molecule has 0 aromatic heterocycles. The van der Waals surface area contributed by atoms with E-state index in [1.54, 1.807) is 0 Å². The molecule has 0 radical (unpaired) electrons. The average Bonchev–Trinajstić information content (AvgIpc) is 2.69.